The zero-order valence-corrected chi connectivity index (χ0v) is 11.7. The van der Waals surface area contributed by atoms with E-state index in [1.807, 2.05) is 18.2 Å². The Morgan fingerprint density at radius 3 is 2.75 bits per heavy atom. The lowest BCUT2D eigenvalue weighted by atomic mass is 10.0. The van der Waals surface area contributed by atoms with Gasteiger partial charge in [0.2, 0.25) is 0 Å². The summed E-state index contributed by atoms with van der Waals surface area (Å²) in [6.07, 6.45) is 0. The maximum absolute atomic E-state index is 6.09. The van der Waals surface area contributed by atoms with Crippen LogP contribution in [0.4, 0.5) is 5.69 Å². The van der Waals surface area contributed by atoms with Gasteiger partial charge in [0.1, 0.15) is 5.69 Å². The molecule has 0 aliphatic heterocycles. The third kappa shape index (κ3) is 2.26. The Hall–Kier alpha value is -2.33. The SMILES string of the molecule is CN(C)Cc1cccc(-c2n[nH]c3cccc(N)c23)c1. The van der Waals surface area contributed by atoms with Crippen molar-refractivity contribution in [2.75, 3.05) is 19.8 Å². The maximum Gasteiger partial charge on any atom is 0.102 e. The van der Waals surface area contributed by atoms with Gasteiger partial charge < -0.3 is 10.6 Å². The van der Waals surface area contributed by atoms with Gasteiger partial charge >= 0.3 is 0 Å². The quantitative estimate of drug-likeness (QED) is 0.717. The van der Waals surface area contributed by atoms with E-state index in [1.54, 1.807) is 0 Å². The van der Waals surface area contributed by atoms with Crippen LogP contribution in [0.5, 0.6) is 0 Å². The molecule has 3 rings (SSSR count). The van der Waals surface area contributed by atoms with Gasteiger partial charge in [-0.1, -0.05) is 24.3 Å². The van der Waals surface area contributed by atoms with Gasteiger partial charge in [0.15, 0.2) is 0 Å². The number of benzene rings is 2. The van der Waals surface area contributed by atoms with E-state index in [1.165, 1.54) is 5.56 Å². The predicted molar refractivity (Wildman–Crippen MR) is 83.3 cm³/mol. The van der Waals surface area contributed by atoms with Crippen molar-refractivity contribution >= 4 is 16.6 Å². The molecule has 4 heteroatoms. The third-order valence-corrected chi connectivity index (χ3v) is 3.32. The lowest BCUT2D eigenvalue weighted by molar-refractivity contribution is 0.402. The van der Waals surface area contributed by atoms with Crippen LogP contribution in [-0.2, 0) is 6.54 Å². The Morgan fingerprint density at radius 2 is 1.95 bits per heavy atom. The highest BCUT2D eigenvalue weighted by molar-refractivity contribution is 6.01. The average molecular weight is 266 g/mol. The highest BCUT2D eigenvalue weighted by Crippen LogP contribution is 2.30. The Morgan fingerprint density at radius 1 is 1.15 bits per heavy atom. The first-order valence-electron chi connectivity index (χ1n) is 6.62. The number of nitrogen functional groups attached to an aromatic ring is 1. The fourth-order valence-corrected chi connectivity index (χ4v) is 2.49. The molecule has 0 aliphatic rings. The first-order chi connectivity index (χ1) is 9.65. The molecule has 0 bridgehead atoms. The summed E-state index contributed by atoms with van der Waals surface area (Å²) in [5.41, 5.74) is 11.1. The van der Waals surface area contributed by atoms with Crippen molar-refractivity contribution < 1.29 is 0 Å². The first-order valence-corrected chi connectivity index (χ1v) is 6.62. The molecule has 1 aromatic heterocycles. The highest BCUT2D eigenvalue weighted by atomic mass is 15.1. The van der Waals surface area contributed by atoms with E-state index in [4.69, 9.17) is 5.73 Å². The minimum absolute atomic E-state index is 0.754. The van der Waals surface area contributed by atoms with E-state index in [9.17, 15) is 0 Å². The number of nitrogens with two attached hydrogens (primary N) is 1. The van der Waals surface area contributed by atoms with Crippen molar-refractivity contribution in [3.8, 4) is 11.3 Å². The molecular weight excluding hydrogens is 248 g/mol. The number of hydrogen-bond acceptors (Lipinski definition) is 3. The average Bonchev–Trinajstić information content (AvgIpc) is 2.83. The minimum Gasteiger partial charge on any atom is -0.398 e. The van der Waals surface area contributed by atoms with Crippen LogP contribution in [0.1, 0.15) is 5.56 Å². The number of rotatable bonds is 3. The van der Waals surface area contributed by atoms with Crippen molar-refractivity contribution in [3.05, 3.63) is 48.0 Å². The van der Waals surface area contributed by atoms with Gasteiger partial charge in [0.25, 0.3) is 0 Å². The van der Waals surface area contributed by atoms with Crippen LogP contribution < -0.4 is 5.73 Å². The van der Waals surface area contributed by atoms with Gasteiger partial charge in [-0.2, -0.15) is 5.10 Å². The normalized spacial score (nSPS) is 11.3. The molecule has 0 atom stereocenters. The smallest absolute Gasteiger partial charge is 0.102 e. The summed E-state index contributed by atoms with van der Waals surface area (Å²) in [4.78, 5) is 2.15. The van der Waals surface area contributed by atoms with Gasteiger partial charge in [-0.05, 0) is 37.9 Å². The lowest BCUT2D eigenvalue weighted by Gasteiger charge is -2.10. The second-order valence-electron chi connectivity index (χ2n) is 5.28. The number of hydrogen-bond donors (Lipinski definition) is 2. The minimum atomic E-state index is 0.754. The second-order valence-corrected chi connectivity index (χ2v) is 5.28. The molecule has 0 unspecified atom stereocenters. The number of aromatic amines is 1. The van der Waals surface area contributed by atoms with E-state index in [-0.39, 0.29) is 0 Å². The van der Waals surface area contributed by atoms with Crippen molar-refractivity contribution in [3.63, 3.8) is 0 Å². The van der Waals surface area contributed by atoms with E-state index in [0.717, 1.165) is 34.4 Å². The predicted octanol–water partition coefficient (Wildman–Crippen LogP) is 2.87. The zero-order valence-electron chi connectivity index (χ0n) is 11.7. The molecule has 2 aromatic carbocycles. The Labute approximate surface area is 118 Å². The fraction of sp³-hybridized carbons (Fsp3) is 0.188. The van der Waals surface area contributed by atoms with Gasteiger partial charge in [-0.25, -0.2) is 0 Å². The van der Waals surface area contributed by atoms with E-state index in [0.29, 0.717) is 0 Å². The van der Waals surface area contributed by atoms with Gasteiger partial charge in [0, 0.05) is 17.8 Å². The summed E-state index contributed by atoms with van der Waals surface area (Å²) < 4.78 is 0. The number of nitrogens with zero attached hydrogens (tertiary/aromatic N) is 2. The molecule has 3 N–H and O–H groups in total. The molecular formula is C16H18N4. The number of H-pyrrole nitrogens is 1. The standard InChI is InChI=1S/C16H18N4/c1-20(2)10-11-5-3-6-12(9-11)16-15-13(17)7-4-8-14(15)18-19-16/h3-9H,10,17H2,1-2H3,(H,18,19). The monoisotopic (exact) mass is 266 g/mol. The molecule has 0 aliphatic carbocycles. The molecule has 102 valence electrons. The van der Waals surface area contributed by atoms with Crippen LogP contribution in [0.25, 0.3) is 22.2 Å². The molecule has 1 heterocycles. The highest BCUT2D eigenvalue weighted by Gasteiger charge is 2.11. The van der Waals surface area contributed by atoms with E-state index in [2.05, 4.69) is 53.5 Å². The largest absolute Gasteiger partial charge is 0.398 e. The van der Waals surface area contributed by atoms with Crippen LogP contribution in [0.2, 0.25) is 0 Å². The molecule has 20 heavy (non-hydrogen) atoms. The topological polar surface area (TPSA) is 57.9 Å². The summed E-state index contributed by atoms with van der Waals surface area (Å²) >= 11 is 0. The number of aromatic nitrogens is 2. The summed E-state index contributed by atoms with van der Waals surface area (Å²) in [6.45, 7) is 0.908. The van der Waals surface area contributed by atoms with Gasteiger partial charge in [-0.3, -0.25) is 5.10 Å². The second kappa shape index (κ2) is 4.98. The van der Waals surface area contributed by atoms with Crippen LogP contribution in [-0.4, -0.2) is 29.2 Å². The van der Waals surface area contributed by atoms with Crippen molar-refractivity contribution in [1.82, 2.24) is 15.1 Å². The Bertz CT molecular complexity index is 743. The molecule has 0 amide bonds. The molecule has 0 saturated heterocycles. The molecule has 3 aromatic rings. The van der Waals surface area contributed by atoms with Crippen LogP contribution in [0.15, 0.2) is 42.5 Å². The molecule has 0 spiro atoms. The number of fused-ring (bicyclic) bond motifs is 1. The Balaban J connectivity index is 2.11. The van der Waals surface area contributed by atoms with Crippen LogP contribution >= 0.6 is 0 Å². The molecule has 0 saturated carbocycles. The van der Waals surface area contributed by atoms with Crippen LogP contribution in [0.3, 0.4) is 0 Å². The maximum atomic E-state index is 6.09. The first kappa shape index (κ1) is 12.7. The zero-order chi connectivity index (χ0) is 14.1. The summed E-state index contributed by atoms with van der Waals surface area (Å²) in [6, 6.07) is 14.3. The number of nitrogens with one attached hydrogen (secondary N) is 1. The lowest BCUT2D eigenvalue weighted by Crippen LogP contribution is -2.10. The molecule has 0 radical (unpaired) electrons. The van der Waals surface area contributed by atoms with Crippen molar-refractivity contribution in [2.45, 2.75) is 6.54 Å². The van der Waals surface area contributed by atoms with Gasteiger partial charge in [0.05, 0.1) is 10.9 Å². The van der Waals surface area contributed by atoms with E-state index < -0.39 is 0 Å². The summed E-state index contributed by atoms with van der Waals surface area (Å²) in [7, 11) is 4.13. The summed E-state index contributed by atoms with van der Waals surface area (Å²) in [5, 5.41) is 8.47. The molecule has 4 nitrogen and oxygen atoms in total. The molecule has 0 fully saturated rings. The summed E-state index contributed by atoms with van der Waals surface area (Å²) in [5.74, 6) is 0. The Kier molecular flexibility index (Phi) is 3.16. The number of anilines is 1. The van der Waals surface area contributed by atoms with Crippen molar-refractivity contribution in [1.29, 1.82) is 0 Å². The van der Waals surface area contributed by atoms with Gasteiger partial charge in [-0.15, -0.1) is 0 Å². The third-order valence-electron chi connectivity index (χ3n) is 3.32. The van der Waals surface area contributed by atoms with Crippen molar-refractivity contribution in [2.24, 2.45) is 0 Å². The fourth-order valence-electron chi connectivity index (χ4n) is 2.49. The van der Waals surface area contributed by atoms with Crippen LogP contribution in [0, 0.1) is 0 Å². The van der Waals surface area contributed by atoms with E-state index >= 15 is 0 Å².